The normalized spacial score (nSPS) is 10.5. The van der Waals surface area contributed by atoms with Crippen molar-refractivity contribution in [1.29, 1.82) is 0 Å². The standard InChI is InChI=1S/C13H15BrN4O/c1-8-4-5-10(14)6-11(8)13(19)18(3)7-12-15-9(2)16-17-12/h4-6H,7H2,1-3H3,(H,15,16,17). The number of benzene rings is 1. The van der Waals surface area contributed by atoms with Gasteiger partial charge in [-0.1, -0.05) is 22.0 Å². The number of hydrogen-bond acceptors (Lipinski definition) is 3. The van der Waals surface area contributed by atoms with Crippen molar-refractivity contribution >= 4 is 21.8 Å². The van der Waals surface area contributed by atoms with Gasteiger partial charge in [-0.05, 0) is 31.5 Å². The molecule has 6 heteroatoms. The van der Waals surface area contributed by atoms with E-state index in [1.54, 1.807) is 11.9 Å². The molecular formula is C13H15BrN4O. The Labute approximate surface area is 120 Å². The zero-order valence-electron chi connectivity index (χ0n) is 11.1. The number of carbonyl (C=O) groups excluding carboxylic acids is 1. The van der Waals surface area contributed by atoms with Crippen LogP contribution in [0.5, 0.6) is 0 Å². The van der Waals surface area contributed by atoms with E-state index in [4.69, 9.17) is 0 Å². The number of aromatic nitrogens is 3. The molecule has 0 saturated carbocycles. The van der Waals surface area contributed by atoms with Gasteiger partial charge in [0.25, 0.3) is 5.91 Å². The van der Waals surface area contributed by atoms with Gasteiger partial charge in [0.15, 0.2) is 5.82 Å². The Hall–Kier alpha value is -1.69. The molecule has 0 atom stereocenters. The summed E-state index contributed by atoms with van der Waals surface area (Å²) in [6, 6.07) is 5.67. The third-order valence-corrected chi connectivity index (χ3v) is 3.29. The number of carbonyl (C=O) groups is 1. The Balaban J connectivity index is 2.16. The molecule has 0 aliphatic heterocycles. The number of hydrogen-bond donors (Lipinski definition) is 1. The summed E-state index contributed by atoms with van der Waals surface area (Å²) in [5.74, 6) is 1.32. The number of halogens is 1. The third kappa shape index (κ3) is 3.20. The SMILES string of the molecule is Cc1nc(CN(C)C(=O)c2cc(Br)ccc2C)n[nH]1. The first kappa shape index (κ1) is 13.7. The van der Waals surface area contributed by atoms with Gasteiger partial charge in [-0.2, -0.15) is 5.10 Å². The van der Waals surface area contributed by atoms with Crippen molar-refractivity contribution in [3.05, 3.63) is 45.4 Å². The van der Waals surface area contributed by atoms with Crippen molar-refractivity contribution in [2.45, 2.75) is 20.4 Å². The Morgan fingerprint density at radius 3 is 2.79 bits per heavy atom. The van der Waals surface area contributed by atoms with E-state index in [9.17, 15) is 4.79 Å². The van der Waals surface area contributed by atoms with Gasteiger partial charge in [0.1, 0.15) is 5.82 Å². The quantitative estimate of drug-likeness (QED) is 0.944. The zero-order chi connectivity index (χ0) is 14.0. The number of aryl methyl sites for hydroxylation is 2. The van der Waals surface area contributed by atoms with Gasteiger partial charge in [0.05, 0.1) is 6.54 Å². The third-order valence-electron chi connectivity index (χ3n) is 2.80. The van der Waals surface area contributed by atoms with Gasteiger partial charge in [0, 0.05) is 17.1 Å². The number of rotatable bonds is 3. The van der Waals surface area contributed by atoms with Crippen molar-refractivity contribution in [3.63, 3.8) is 0 Å². The van der Waals surface area contributed by atoms with E-state index in [0.29, 0.717) is 17.9 Å². The van der Waals surface area contributed by atoms with Crippen molar-refractivity contribution in [3.8, 4) is 0 Å². The lowest BCUT2D eigenvalue weighted by molar-refractivity contribution is 0.0781. The van der Waals surface area contributed by atoms with E-state index in [0.717, 1.165) is 15.9 Å². The zero-order valence-corrected chi connectivity index (χ0v) is 12.7. The lowest BCUT2D eigenvalue weighted by atomic mass is 10.1. The minimum absolute atomic E-state index is 0.0405. The molecule has 0 bridgehead atoms. The monoisotopic (exact) mass is 322 g/mol. The van der Waals surface area contributed by atoms with Gasteiger partial charge >= 0.3 is 0 Å². The van der Waals surface area contributed by atoms with Gasteiger partial charge in [-0.25, -0.2) is 4.98 Å². The first-order valence-corrected chi connectivity index (χ1v) is 6.66. The summed E-state index contributed by atoms with van der Waals surface area (Å²) in [6.07, 6.45) is 0. The predicted octanol–water partition coefficient (Wildman–Crippen LogP) is 2.46. The number of aromatic amines is 1. The predicted molar refractivity (Wildman–Crippen MR) is 75.8 cm³/mol. The van der Waals surface area contributed by atoms with Crippen LogP contribution in [-0.2, 0) is 6.54 Å². The molecular weight excluding hydrogens is 308 g/mol. The van der Waals surface area contributed by atoms with Crippen LogP contribution in [-0.4, -0.2) is 33.0 Å². The molecule has 5 nitrogen and oxygen atoms in total. The van der Waals surface area contributed by atoms with Crippen molar-refractivity contribution in [1.82, 2.24) is 20.1 Å². The summed E-state index contributed by atoms with van der Waals surface area (Å²) in [7, 11) is 1.74. The maximum Gasteiger partial charge on any atom is 0.254 e. The average molecular weight is 323 g/mol. The van der Waals surface area contributed by atoms with E-state index >= 15 is 0 Å². The summed E-state index contributed by atoms with van der Waals surface area (Å²) in [5.41, 5.74) is 1.63. The van der Waals surface area contributed by atoms with E-state index < -0.39 is 0 Å². The lowest BCUT2D eigenvalue weighted by Crippen LogP contribution is -2.27. The number of nitrogens with zero attached hydrogens (tertiary/aromatic N) is 3. The first-order valence-electron chi connectivity index (χ1n) is 5.87. The number of nitrogens with one attached hydrogen (secondary N) is 1. The summed E-state index contributed by atoms with van der Waals surface area (Å²) in [6.45, 7) is 4.14. The molecule has 100 valence electrons. The van der Waals surface area contributed by atoms with E-state index in [1.165, 1.54) is 0 Å². The Bertz CT molecular complexity index is 608. The Morgan fingerprint density at radius 1 is 1.42 bits per heavy atom. The molecule has 19 heavy (non-hydrogen) atoms. The molecule has 2 aromatic rings. The van der Waals surface area contributed by atoms with Crippen LogP contribution < -0.4 is 0 Å². The van der Waals surface area contributed by atoms with Crippen molar-refractivity contribution in [2.24, 2.45) is 0 Å². The minimum Gasteiger partial charge on any atom is -0.334 e. The maximum absolute atomic E-state index is 12.4. The summed E-state index contributed by atoms with van der Waals surface area (Å²) in [4.78, 5) is 18.2. The molecule has 0 radical (unpaired) electrons. The topological polar surface area (TPSA) is 61.9 Å². The molecule has 0 aliphatic rings. The minimum atomic E-state index is -0.0405. The highest BCUT2D eigenvalue weighted by Gasteiger charge is 2.16. The van der Waals surface area contributed by atoms with Crippen LogP contribution in [0, 0.1) is 13.8 Å². The first-order chi connectivity index (χ1) is 8.97. The molecule has 1 heterocycles. The fourth-order valence-electron chi connectivity index (χ4n) is 1.77. The molecule has 1 aromatic heterocycles. The molecule has 1 amide bonds. The van der Waals surface area contributed by atoms with Gasteiger partial charge in [-0.3, -0.25) is 9.89 Å². The Morgan fingerprint density at radius 2 is 2.16 bits per heavy atom. The van der Waals surface area contributed by atoms with Crippen LogP contribution in [0.3, 0.4) is 0 Å². The van der Waals surface area contributed by atoms with Crippen molar-refractivity contribution in [2.75, 3.05) is 7.05 Å². The smallest absolute Gasteiger partial charge is 0.254 e. The molecule has 0 unspecified atom stereocenters. The van der Waals surface area contributed by atoms with Crippen LogP contribution in [0.25, 0.3) is 0 Å². The fraction of sp³-hybridized carbons (Fsp3) is 0.308. The van der Waals surface area contributed by atoms with Crippen LogP contribution in [0.1, 0.15) is 27.6 Å². The van der Waals surface area contributed by atoms with E-state index in [2.05, 4.69) is 31.1 Å². The molecule has 1 aromatic carbocycles. The van der Waals surface area contributed by atoms with E-state index in [1.807, 2.05) is 32.0 Å². The van der Waals surface area contributed by atoms with Gasteiger partial charge in [-0.15, -0.1) is 0 Å². The highest BCUT2D eigenvalue weighted by atomic mass is 79.9. The fourth-order valence-corrected chi connectivity index (χ4v) is 2.14. The highest BCUT2D eigenvalue weighted by molar-refractivity contribution is 9.10. The van der Waals surface area contributed by atoms with Crippen LogP contribution >= 0.6 is 15.9 Å². The molecule has 2 rings (SSSR count). The van der Waals surface area contributed by atoms with Gasteiger partial charge in [0.2, 0.25) is 0 Å². The van der Waals surface area contributed by atoms with Crippen molar-refractivity contribution < 1.29 is 4.79 Å². The number of amides is 1. The average Bonchev–Trinajstić information content (AvgIpc) is 2.77. The molecule has 0 aliphatic carbocycles. The van der Waals surface area contributed by atoms with Crippen LogP contribution in [0.4, 0.5) is 0 Å². The van der Waals surface area contributed by atoms with Crippen LogP contribution in [0.15, 0.2) is 22.7 Å². The number of H-pyrrole nitrogens is 1. The second kappa shape index (κ2) is 5.52. The molecule has 1 N–H and O–H groups in total. The molecule has 0 spiro atoms. The summed E-state index contributed by atoms with van der Waals surface area (Å²) in [5, 5.41) is 6.80. The van der Waals surface area contributed by atoms with Crippen LogP contribution in [0.2, 0.25) is 0 Å². The second-order valence-corrected chi connectivity index (χ2v) is 5.37. The Kier molecular flexibility index (Phi) is 3.99. The molecule has 0 saturated heterocycles. The second-order valence-electron chi connectivity index (χ2n) is 4.46. The largest absolute Gasteiger partial charge is 0.334 e. The molecule has 0 fully saturated rings. The lowest BCUT2D eigenvalue weighted by Gasteiger charge is -2.16. The summed E-state index contributed by atoms with van der Waals surface area (Å²) < 4.78 is 0.892. The highest BCUT2D eigenvalue weighted by Crippen LogP contribution is 2.17. The van der Waals surface area contributed by atoms with E-state index in [-0.39, 0.29) is 5.91 Å². The maximum atomic E-state index is 12.4. The summed E-state index contributed by atoms with van der Waals surface area (Å²) >= 11 is 3.38. The van der Waals surface area contributed by atoms with Gasteiger partial charge < -0.3 is 4.90 Å².